The van der Waals surface area contributed by atoms with Crippen molar-refractivity contribution in [3.8, 4) is 0 Å². The Kier molecular flexibility index (Phi) is 13.6. The van der Waals surface area contributed by atoms with Crippen LogP contribution < -0.4 is 31.5 Å². The SMILES string of the molecule is CC(C)[C@H]1NC(=O)[C@@H](NC(=O)c2cnc(N3CCOCC3)nc2)CCCNC(=O)CN(C)C(=O)[C@H](Cc2ccccc2)NC(=O)[C@@H](C)NC1=O. The Morgan fingerprint density at radius 3 is 2.30 bits per heavy atom. The highest BCUT2D eigenvalue weighted by Crippen LogP contribution is 2.12. The summed E-state index contributed by atoms with van der Waals surface area (Å²) >= 11 is 0. The van der Waals surface area contributed by atoms with E-state index in [9.17, 15) is 28.8 Å². The predicted octanol–water partition coefficient (Wildman–Crippen LogP) is -0.847. The fourth-order valence-electron chi connectivity index (χ4n) is 5.53. The van der Waals surface area contributed by atoms with Crippen LogP contribution in [0, 0.1) is 5.92 Å². The van der Waals surface area contributed by atoms with Crippen LogP contribution in [0.1, 0.15) is 49.5 Å². The van der Waals surface area contributed by atoms with E-state index >= 15 is 0 Å². The molecule has 0 radical (unpaired) electrons. The molecule has 1 aromatic heterocycles. The number of aromatic nitrogens is 2. The van der Waals surface area contributed by atoms with Gasteiger partial charge in [0, 0.05) is 45.5 Å². The summed E-state index contributed by atoms with van der Waals surface area (Å²) in [7, 11) is 1.47. The number of benzene rings is 1. The molecule has 50 heavy (non-hydrogen) atoms. The average Bonchev–Trinajstić information content (AvgIpc) is 3.11. The van der Waals surface area contributed by atoms with Gasteiger partial charge in [0.25, 0.3) is 5.91 Å². The Bertz CT molecular complexity index is 1500. The highest BCUT2D eigenvalue weighted by atomic mass is 16.5. The molecule has 16 heteroatoms. The molecule has 4 atom stereocenters. The molecule has 1 aromatic carbocycles. The quantitative estimate of drug-likeness (QED) is 0.254. The van der Waals surface area contributed by atoms with Gasteiger partial charge in [-0.15, -0.1) is 0 Å². The van der Waals surface area contributed by atoms with Gasteiger partial charge in [0.15, 0.2) is 0 Å². The summed E-state index contributed by atoms with van der Waals surface area (Å²) in [5.74, 6) is -3.28. The van der Waals surface area contributed by atoms with Gasteiger partial charge in [0.2, 0.25) is 35.5 Å². The zero-order valence-electron chi connectivity index (χ0n) is 28.9. The van der Waals surface area contributed by atoms with Gasteiger partial charge in [-0.25, -0.2) is 9.97 Å². The van der Waals surface area contributed by atoms with Crippen LogP contribution in [0.25, 0.3) is 0 Å². The number of carbonyl (C=O) groups is 6. The number of morpholine rings is 1. The zero-order valence-corrected chi connectivity index (χ0v) is 28.9. The number of likely N-dealkylation sites (N-methyl/N-ethyl adjacent to an activating group) is 1. The van der Waals surface area contributed by atoms with E-state index in [1.54, 1.807) is 13.8 Å². The molecular weight excluding hydrogens is 646 g/mol. The van der Waals surface area contributed by atoms with Crippen molar-refractivity contribution in [3.05, 3.63) is 53.9 Å². The second-order valence-electron chi connectivity index (χ2n) is 12.8. The molecule has 270 valence electrons. The molecule has 16 nitrogen and oxygen atoms in total. The van der Waals surface area contributed by atoms with E-state index in [1.807, 2.05) is 35.2 Å². The van der Waals surface area contributed by atoms with Crippen molar-refractivity contribution >= 4 is 41.4 Å². The zero-order chi connectivity index (χ0) is 36.2. The Morgan fingerprint density at radius 1 is 0.960 bits per heavy atom. The summed E-state index contributed by atoms with van der Waals surface area (Å²) < 4.78 is 5.36. The average molecular weight is 694 g/mol. The van der Waals surface area contributed by atoms with Gasteiger partial charge in [-0.1, -0.05) is 44.2 Å². The molecule has 0 saturated carbocycles. The molecule has 0 unspecified atom stereocenters. The van der Waals surface area contributed by atoms with Gasteiger partial charge in [0.05, 0.1) is 25.3 Å². The van der Waals surface area contributed by atoms with E-state index < -0.39 is 65.5 Å². The second-order valence-corrected chi connectivity index (χ2v) is 12.8. The Morgan fingerprint density at radius 2 is 1.64 bits per heavy atom. The van der Waals surface area contributed by atoms with Crippen molar-refractivity contribution in [2.24, 2.45) is 5.92 Å². The standard InChI is InChI=1S/C34H47N9O7/c1-21(2)28-32(48)38-22(3)29(45)40-26(17-23-9-6-5-7-10-23)33(49)42(4)20-27(44)35-12-8-11-25(31(47)41-28)39-30(46)24-18-36-34(37-19-24)43-13-15-50-16-14-43/h5-7,9-10,18-19,21-22,25-26,28H,8,11-17,20H2,1-4H3,(H,35,44)(H,38,48)(H,39,46)(H,40,45)(H,41,47)/t22-,25+,26+,28-/m1/s1. The number of nitrogens with one attached hydrogen (secondary N) is 5. The van der Waals surface area contributed by atoms with Crippen LogP contribution in [0.2, 0.25) is 0 Å². The molecule has 2 aliphatic rings. The third-order valence-electron chi connectivity index (χ3n) is 8.46. The molecular formula is C34H47N9O7. The number of rotatable bonds is 6. The predicted molar refractivity (Wildman–Crippen MR) is 183 cm³/mol. The van der Waals surface area contributed by atoms with Crippen molar-refractivity contribution < 1.29 is 33.5 Å². The first-order valence-electron chi connectivity index (χ1n) is 16.8. The smallest absolute Gasteiger partial charge is 0.255 e. The number of hydrogen-bond donors (Lipinski definition) is 5. The Hall–Kier alpha value is -5.12. The summed E-state index contributed by atoms with van der Waals surface area (Å²) in [6, 6.07) is 4.89. The minimum atomic E-state index is -1.09. The van der Waals surface area contributed by atoms with Crippen molar-refractivity contribution in [2.75, 3.05) is 51.3 Å². The van der Waals surface area contributed by atoms with Gasteiger partial charge in [0.1, 0.15) is 24.2 Å². The number of carbonyl (C=O) groups excluding carboxylic acids is 6. The molecule has 2 fully saturated rings. The van der Waals surface area contributed by atoms with Gasteiger partial charge in [-0.2, -0.15) is 0 Å². The number of nitrogens with zero attached hydrogens (tertiary/aromatic N) is 4. The van der Waals surface area contributed by atoms with Crippen LogP contribution in [0.4, 0.5) is 5.95 Å². The number of ether oxygens (including phenoxy) is 1. The van der Waals surface area contributed by atoms with E-state index in [1.165, 1.54) is 31.3 Å². The van der Waals surface area contributed by atoms with E-state index in [2.05, 4.69) is 36.6 Å². The number of hydrogen-bond acceptors (Lipinski definition) is 10. The summed E-state index contributed by atoms with van der Waals surface area (Å²) in [5.41, 5.74) is 0.934. The third kappa shape index (κ3) is 10.7. The van der Waals surface area contributed by atoms with Crippen LogP contribution >= 0.6 is 0 Å². The van der Waals surface area contributed by atoms with Crippen molar-refractivity contribution in [2.45, 2.75) is 64.2 Å². The van der Waals surface area contributed by atoms with Gasteiger partial charge >= 0.3 is 0 Å². The lowest BCUT2D eigenvalue weighted by Gasteiger charge is -2.28. The van der Waals surface area contributed by atoms with Crippen LogP contribution in [-0.2, 0) is 35.1 Å². The molecule has 0 spiro atoms. The fraction of sp³-hybridized carbons (Fsp3) is 0.529. The molecule has 2 saturated heterocycles. The fourth-order valence-corrected chi connectivity index (χ4v) is 5.53. The molecule has 6 amide bonds. The van der Waals surface area contributed by atoms with Crippen LogP contribution in [0.3, 0.4) is 0 Å². The maximum Gasteiger partial charge on any atom is 0.255 e. The Balaban J connectivity index is 1.51. The number of amides is 6. The second kappa shape index (κ2) is 18.0. The first-order valence-corrected chi connectivity index (χ1v) is 16.8. The van der Waals surface area contributed by atoms with Gasteiger partial charge in [-0.05, 0) is 31.2 Å². The highest BCUT2D eigenvalue weighted by Gasteiger charge is 2.32. The maximum absolute atomic E-state index is 13.6. The summed E-state index contributed by atoms with van der Waals surface area (Å²) in [6.07, 6.45) is 3.33. The van der Waals surface area contributed by atoms with Crippen molar-refractivity contribution in [1.29, 1.82) is 0 Å². The minimum absolute atomic E-state index is 0.115. The van der Waals surface area contributed by atoms with E-state index in [-0.39, 0.29) is 37.9 Å². The van der Waals surface area contributed by atoms with E-state index in [4.69, 9.17) is 4.74 Å². The first-order chi connectivity index (χ1) is 23.9. The summed E-state index contributed by atoms with van der Waals surface area (Å²) in [6.45, 7) is 7.17. The van der Waals surface area contributed by atoms with Crippen LogP contribution in [0.15, 0.2) is 42.7 Å². The Labute approximate surface area is 291 Å². The monoisotopic (exact) mass is 693 g/mol. The van der Waals surface area contributed by atoms with Gasteiger partial charge in [-0.3, -0.25) is 28.8 Å². The molecule has 2 aromatic rings. The summed E-state index contributed by atoms with van der Waals surface area (Å²) in [4.78, 5) is 91.7. The van der Waals surface area contributed by atoms with E-state index in [0.717, 1.165) is 5.56 Å². The summed E-state index contributed by atoms with van der Waals surface area (Å²) in [5, 5.41) is 13.6. The van der Waals surface area contributed by atoms with Crippen LogP contribution in [0.5, 0.6) is 0 Å². The molecule has 2 aliphatic heterocycles. The largest absolute Gasteiger partial charge is 0.378 e. The first kappa shape index (κ1) is 37.7. The van der Waals surface area contributed by atoms with Crippen molar-refractivity contribution in [3.63, 3.8) is 0 Å². The van der Waals surface area contributed by atoms with Gasteiger partial charge < -0.3 is 41.1 Å². The normalized spacial score (nSPS) is 23.6. The van der Waals surface area contributed by atoms with E-state index in [0.29, 0.717) is 32.3 Å². The minimum Gasteiger partial charge on any atom is -0.378 e. The molecule has 3 heterocycles. The molecule has 5 N–H and O–H groups in total. The molecule has 0 aliphatic carbocycles. The van der Waals surface area contributed by atoms with Crippen molar-refractivity contribution in [1.82, 2.24) is 41.5 Å². The third-order valence-corrected chi connectivity index (χ3v) is 8.46. The maximum atomic E-state index is 13.6. The molecule has 4 rings (SSSR count). The van der Waals surface area contributed by atoms with Crippen LogP contribution in [-0.4, -0.2) is 121 Å². The number of anilines is 1. The topological polar surface area (TPSA) is 204 Å². The lowest BCUT2D eigenvalue weighted by atomic mass is 10.0. The highest BCUT2D eigenvalue weighted by molar-refractivity contribution is 5.99. The lowest BCUT2D eigenvalue weighted by Crippen LogP contribution is -2.59. The molecule has 0 bridgehead atoms. The lowest BCUT2D eigenvalue weighted by molar-refractivity contribution is -0.139.